The van der Waals surface area contributed by atoms with Gasteiger partial charge in [0.05, 0.1) is 11.2 Å². The Morgan fingerprint density at radius 1 is 1.33 bits per heavy atom. The van der Waals surface area contributed by atoms with Crippen LogP contribution >= 0.6 is 23.4 Å². The summed E-state index contributed by atoms with van der Waals surface area (Å²) in [5.41, 5.74) is 5.85. The third-order valence-electron chi connectivity index (χ3n) is 4.04. The zero-order valence-electron chi connectivity index (χ0n) is 11.7. The Hall–Kier alpha value is -1.04. The minimum absolute atomic E-state index is 0.0913. The highest BCUT2D eigenvalue weighted by atomic mass is 35.5. The second kappa shape index (κ2) is 6.38. The number of benzene rings is 1. The highest BCUT2D eigenvalue weighted by Crippen LogP contribution is 2.39. The van der Waals surface area contributed by atoms with Crippen LogP contribution in [0.3, 0.4) is 0 Å². The van der Waals surface area contributed by atoms with E-state index in [-0.39, 0.29) is 5.41 Å². The van der Waals surface area contributed by atoms with Crippen LogP contribution in [0.4, 0.5) is 0 Å². The van der Waals surface area contributed by atoms with Gasteiger partial charge >= 0.3 is 0 Å². The summed E-state index contributed by atoms with van der Waals surface area (Å²) in [5.74, 6) is 2.10. The van der Waals surface area contributed by atoms with E-state index in [1.54, 1.807) is 11.8 Å². The van der Waals surface area contributed by atoms with Crippen LogP contribution in [0.15, 0.2) is 33.7 Å². The van der Waals surface area contributed by atoms with Gasteiger partial charge in [-0.3, -0.25) is 0 Å². The fourth-order valence-electron chi connectivity index (χ4n) is 2.79. The number of nitrogens with two attached hydrogens (primary N) is 1. The van der Waals surface area contributed by atoms with E-state index < -0.39 is 0 Å². The van der Waals surface area contributed by atoms with Gasteiger partial charge in [-0.05, 0) is 31.0 Å². The molecule has 1 aromatic heterocycles. The minimum Gasteiger partial charge on any atom is -0.339 e. The van der Waals surface area contributed by atoms with Crippen LogP contribution in [0.2, 0.25) is 5.02 Å². The highest BCUT2D eigenvalue weighted by molar-refractivity contribution is 7.98. The normalized spacial score (nSPS) is 17.2. The fraction of sp³-hybridized carbons (Fsp3) is 0.467. The molecule has 1 aromatic carbocycles. The Labute approximate surface area is 133 Å². The average molecular weight is 324 g/mol. The molecule has 2 N–H and O–H groups in total. The van der Waals surface area contributed by atoms with E-state index in [1.807, 2.05) is 24.3 Å². The predicted molar refractivity (Wildman–Crippen MR) is 84.5 cm³/mol. The Balaban J connectivity index is 1.68. The molecule has 0 unspecified atom stereocenters. The maximum atomic E-state index is 5.98. The van der Waals surface area contributed by atoms with Gasteiger partial charge in [-0.1, -0.05) is 35.7 Å². The van der Waals surface area contributed by atoms with Crippen molar-refractivity contribution in [3.63, 3.8) is 0 Å². The second-order valence-corrected chi connectivity index (χ2v) is 6.94. The molecule has 0 bridgehead atoms. The van der Waals surface area contributed by atoms with Crippen molar-refractivity contribution in [2.24, 2.45) is 5.73 Å². The van der Waals surface area contributed by atoms with Crippen LogP contribution in [-0.4, -0.2) is 16.7 Å². The molecule has 0 amide bonds. The SMILES string of the molecule is NCC1(c2nc(CSc3cccc(Cl)c3)no2)CCCC1. The number of aromatic nitrogens is 2. The quantitative estimate of drug-likeness (QED) is 0.848. The zero-order chi connectivity index (χ0) is 14.7. The van der Waals surface area contributed by atoms with Crippen molar-refractivity contribution in [3.05, 3.63) is 41.0 Å². The largest absolute Gasteiger partial charge is 0.339 e. The van der Waals surface area contributed by atoms with Gasteiger partial charge in [-0.25, -0.2) is 0 Å². The minimum atomic E-state index is -0.0913. The van der Waals surface area contributed by atoms with Gasteiger partial charge < -0.3 is 10.3 Å². The number of halogens is 1. The summed E-state index contributed by atoms with van der Waals surface area (Å²) in [5, 5.41) is 4.83. The molecule has 1 heterocycles. The van der Waals surface area contributed by atoms with E-state index in [2.05, 4.69) is 10.1 Å². The monoisotopic (exact) mass is 323 g/mol. The highest BCUT2D eigenvalue weighted by Gasteiger charge is 2.39. The molecule has 21 heavy (non-hydrogen) atoms. The van der Waals surface area contributed by atoms with Crippen molar-refractivity contribution in [3.8, 4) is 0 Å². The molecular weight excluding hydrogens is 306 g/mol. The zero-order valence-corrected chi connectivity index (χ0v) is 13.3. The molecule has 6 heteroatoms. The lowest BCUT2D eigenvalue weighted by Crippen LogP contribution is -2.32. The van der Waals surface area contributed by atoms with Crippen molar-refractivity contribution in [1.82, 2.24) is 10.1 Å². The van der Waals surface area contributed by atoms with Crippen molar-refractivity contribution in [1.29, 1.82) is 0 Å². The van der Waals surface area contributed by atoms with E-state index in [0.717, 1.165) is 28.6 Å². The molecule has 1 aliphatic rings. The molecule has 1 aliphatic carbocycles. The van der Waals surface area contributed by atoms with Gasteiger partial charge in [0.1, 0.15) is 0 Å². The number of hydrogen-bond acceptors (Lipinski definition) is 5. The third-order valence-corrected chi connectivity index (χ3v) is 5.26. The van der Waals surface area contributed by atoms with Gasteiger partial charge in [-0.2, -0.15) is 4.98 Å². The van der Waals surface area contributed by atoms with E-state index in [1.165, 1.54) is 12.8 Å². The summed E-state index contributed by atoms with van der Waals surface area (Å²) in [4.78, 5) is 5.66. The Morgan fingerprint density at radius 2 is 2.14 bits per heavy atom. The molecule has 112 valence electrons. The summed E-state index contributed by atoms with van der Waals surface area (Å²) >= 11 is 7.63. The van der Waals surface area contributed by atoms with Crippen LogP contribution in [0.1, 0.15) is 37.4 Å². The fourth-order valence-corrected chi connectivity index (χ4v) is 3.84. The lowest BCUT2D eigenvalue weighted by Gasteiger charge is -2.21. The van der Waals surface area contributed by atoms with Gasteiger partial charge in [0.2, 0.25) is 5.89 Å². The molecule has 2 aromatic rings. The number of rotatable bonds is 5. The predicted octanol–water partition coefficient (Wildman–Crippen LogP) is 3.79. The lowest BCUT2D eigenvalue weighted by atomic mass is 9.86. The average Bonchev–Trinajstić information content (AvgIpc) is 3.15. The number of thioether (sulfide) groups is 1. The van der Waals surface area contributed by atoms with Crippen molar-refractivity contribution in [2.75, 3.05) is 6.54 Å². The molecule has 0 saturated heterocycles. The molecule has 3 rings (SSSR count). The first kappa shape index (κ1) is 14.9. The first-order valence-corrected chi connectivity index (χ1v) is 8.50. The van der Waals surface area contributed by atoms with Crippen LogP contribution < -0.4 is 5.73 Å². The molecular formula is C15H18ClN3OS. The Kier molecular flexibility index (Phi) is 4.52. The maximum Gasteiger partial charge on any atom is 0.234 e. The lowest BCUT2D eigenvalue weighted by molar-refractivity contribution is 0.283. The van der Waals surface area contributed by atoms with Crippen molar-refractivity contribution < 1.29 is 4.52 Å². The smallest absolute Gasteiger partial charge is 0.234 e. The Bertz CT molecular complexity index is 610. The molecule has 0 radical (unpaired) electrons. The third kappa shape index (κ3) is 3.25. The van der Waals surface area contributed by atoms with E-state index in [4.69, 9.17) is 21.9 Å². The summed E-state index contributed by atoms with van der Waals surface area (Å²) in [6.07, 6.45) is 4.47. The summed E-state index contributed by atoms with van der Waals surface area (Å²) < 4.78 is 5.47. The topological polar surface area (TPSA) is 64.9 Å². The second-order valence-electron chi connectivity index (χ2n) is 5.45. The van der Waals surface area contributed by atoms with Crippen molar-refractivity contribution >= 4 is 23.4 Å². The van der Waals surface area contributed by atoms with Gasteiger partial charge in [0.25, 0.3) is 0 Å². The summed E-state index contributed by atoms with van der Waals surface area (Å²) in [6, 6.07) is 7.76. The molecule has 0 spiro atoms. The van der Waals surface area contributed by atoms with Crippen LogP contribution in [0.25, 0.3) is 0 Å². The number of nitrogens with zero attached hydrogens (tertiary/aromatic N) is 2. The van der Waals surface area contributed by atoms with E-state index in [9.17, 15) is 0 Å². The summed E-state index contributed by atoms with van der Waals surface area (Å²) in [7, 11) is 0. The van der Waals surface area contributed by atoms with Gasteiger partial charge in [0, 0.05) is 16.5 Å². The van der Waals surface area contributed by atoms with E-state index >= 15 is 0 Å². The Morgan fingerprint density at radius 3 is 2.86 bits per heavy atom. The van der Waals surface area contributed by atoms with Crippen LogP contribution in [0, 0.1) is 0 Å². The van der Waals surface area contributed by atoms with Crippen molar-refractivity contribution in [2.45, 2.75) is 41.7 Å². The van der Waals surface area contributed by atoms with Crippen LogP contribution in [-0.2, 0) is 11.2 Å². The first-order chi connectivity index (χ1) is 10.2. The van der Waals surface area contributed by atoms with Gasteiger partial charge in [0.15, 0.2) is 5.82 Å². The standard InChI is InChI=1S/C15H18ClN3OS/c16-11-4-3-5-12(8-11)21-9-13-18-14(20-19-13)15(10-17)6-1-2-7-15/h3-5,8H,1-2,6-7,9-10,17H2. The van der Waals surface area contributed by atoms with Crippen LogP contribution in [0.5, 0.6) is 0 Å². The summed E-state index contributed by atoms with van der Waals surface area (Å²) in [6.45, 7) is 0.579. The molecule has 4 nitrogen and oxygen atoms in total. The van der Waals surface area contributed by atoms with Gasteiger partial charge in [-0.15, -0.1) is 11.8 Å². The maximum absolute atomic E-state index is 5.98. The van der Waals surface area contributed by atoms with E-state index in [0.29, 0.717) is 18.2 Å². The number of hydrogen-bond donors (Lipinski definition) is 1. The molecule has 0 atom stereocenters. The molecule has 1 saturated carbocycles. The molecule has 1 fully saturated rings. The molecule has 0 aliphatic heterocycles. The first-order valence-electron chi connectivity index (χ1n) is 7.13.